The number of benzene rings is 2. The van der Waals surface area contributed by atoms with Crippen LogP contribution in [0.3, 0.4) is 0 Å². The quantitative estimate of drug-likeness (QED) is 0.583. The first kappa shape index (κ1) is 20.6. The fraction of sp³-hybridized carbons (Fsp3) is 0.292. The van der Waals surface area contributed by atoms with Gasteiger partial charge in [-0.1, -0.05) is 42.5 Å². The first-order chi connectivity index (χ1) is 14.5. The van der Waals surface area contributed by atoms with Gasteiger partial charge in [0, 0.05) is 57.2 Å². The summed E-state index contributed by atoms with van der Waals surface area (Å²) in [6, 6.07) is 17.8. The van der Waals surface area contributed by atoms with E-state index in [1.807, 2.05) is 12.1 Å². The van der Waals surface area contributed by atoms with Gasteiger partial charge in [-0.05, 0) is 34.9 Å². The lowest BCUT2D eigenvalue weighted by Gasteiger charge is -2.34. The molecule has 0 saturated carbocycles. The van der Waals surface area contributed by atoms with Crippen LogP contribution in [0.25, 0.3) is 11.1 Å². The molecule has 30 heavy (non-hydrogen) atoms. The molecule has 4 rings (SSSR count). The summed E-state index contributed by atoms with van der Waals surface area (Å²) in [5.74, 6) is 0. The van der Waals surface area contributed by atoms with Gasteiger partial charge in [0.2, 0.25) is 0 Å². The number of piperazine rings is 1. The molecule has 0 unspecified atom stereocenters. The smallest absolute Gasteiger partial charge is 0.297 e. The molecule has 2 aromatic carbocycles. The van der Waals surface area contributed by atoms with Crippen LogP contribution in [0.1, 0.15) is 16.7 Å². The standard InChI is InChI=1S/C24H24F3N3/c25-24(26,27)23-8-4-7-21(14-23)22-13-20(15-28-16-22)18-30-11-9-29(10-12-30)17-19-5-2-1-3-6-19/h1-8,13-16H,9-12,17-18H2. The second-order valence-electron chi connectivity index (χ2n) is 7.70. The molecule has 1 aliphatic heterocycles. The number of halogens is 3. The van der Waals surface area contributed by atoms with Crippen molar-refractivity contribution in [2.75, 3.05) is 26.2 Å². The molecular weight excluding hydrogens is 387 g/mol. The minimum atomic E-state index is -4.35. The molecule has 3 nitrogen and oxygen atoms in total. The zero-order chi connectivity index (χ0) is 21.0. The number of rotatable bonds is 5. The van der Waals surface area contributed by atoms with Crippen LogP contribution in [0.2, 0.25) is 0 Å². The summed E-state index contributed by atoms with van der Waals surface area (Å²) >= 11 is 0. The van der Waals surface area contributed by atoms with Gasteiger partial charge in [-0.2, -0.15) is 13.2 Å². The molecule has 0 radical (unpaired) electrons. The van der Waals surface area contributed by atoms with Crippen molar-refractivity contribution in [1.29, 1.82) is 0 Å². The van der Waals surface area contributed by atoms with Crippen LogP contribution in [-0.4, -0.2) is 41.0 Å². The van der Waals surface area contributed by atoms with E-state index >= 15 is 0 Å². The largest absolute Gasteiger partial charge is 0.416 e. The van der Waals surface area contributed by atoms with Gasteiger partial charge >= 0.3 is 6.18 Å². The van der Waals surface area contributed by atoms with Crippen molar-refractivity contribution >= 4 is 0 Å². The number of alkyl halides is 3. The van der Waals surface area contributed by atoms with E-state index in [4.69, 9.17) is 0 Å². The molecule has 2 heterocycles. The van der Waals surface area contributed by atoms with E-state index in [0.717, 1.165) is 50.9 Å². The number of pyridine rings is 1. The fourth-order valence-electron chi connectivity index (χ4n) is 3.81. The molecule has 6 heteroatoms. The molecule has 0 bridgehead atoms. The van der Waals surface area contributed by atoms with Crippen LogP contribution in [0.5, 0.6) is 0 Å². The Morgan fingerprint density at radius 2 is 1.37 bits per heavy atom. The minimum Gasteiger partial charge on any atom is -0.297 e. The van der Waals surface area contributed by atoms with Crippen molar-refractivity contribution in [3.8, 4) is 11.1 Å². The Balaban J connectivity index is 1.37. The Hall–Kier alpha value is -2.70. The van der Waals surface area contributed by atoms with Gasteiger partial charge < -0.3 is 0 Å². The van der Waals surface area contributed by atoms with Gasteiger partial charge in [-0.3, -0.25) is 14.8 Å². The zero-order valence-corrected chi connectivity index (χ0v) is 16.6. The van der Waals surface area contributed by atoms with Crippen molar-refractivity contribution in [1.82, 2.24) is 14.8 Å². The number of hydrogen-bond donors (Lipinski definition) is 0. The molecule has 156 valence electrons. The lowest BCUT2D eigenvalue weighted by atomic mass is 10.0. The van der Waals surface area contributed by atoms with Crippen LogP contribution in [-0.2, 0) is 19.3 Å². The predicted molar refractivity (Wildman–Crippen MR) is 112 cm³/mol. The summed E-state index contributed by atoms with van der Waals surface area (Å²) in [7, 11) is 0. The summed E-state index contributed by atoms with van der Waals surface area (Å²) < 4.78 is 39.0. The Labute approximate surface area is 174 Å². The lowest BCUT2D eigenvalue weighted by Crippen LogP contribution is -2.45. The average molecular weight is 411 g/mol. The normalized spacial score (nSPS) is 16.0. The van der Waals surface area contributed by atoms with Crippen LogP contribution < -0.4 is 0 Å². The van der Waals surface area contributed by atoms with Crippen LogP contribution in [0.15, 0.2) is 73.1 Å². The molecule has 1 saturated heterocycles. The second-order valence-corrected chi connectivity index (χ2v) is 7.70. The highest BCUT2D eigenvalue weighted by atomic mass is 19.4. The zero-order valence-electron chi connectivity index (χ0n) is 16.6. The van der Waals surface area contributed by atoms with Crippen molar-refractivity contribution in [3.05, 3.63) is 89.7 Å². The Morgan fingerprint density at radius 1 is 0.700 bits per heavy atom. The molecule has 0 amide bonds. The third-order valence-electron chi connectivity index (χ3n) is 5.44. The Bertz CT molecular complexity index is 965. The van der Waals surface area contributed by atoms with E-state index in [0.29, 0.717) is 11.1 Å². The maximum atomic E-state index is 13.0. The molecule has 3 aromatic rings. The minimum absolute atomic E-state index is 0.534. The molecule has 1 aromatic heterocycles. The lowest BCUT2D eigenvalue weighted by molar-refractivity contribution is -0.137. The van der Waals surface area contributed by atoms with E-state index in [2.05, 4.69) is 39.0 Å². The third kappa shape index (κ3) is 5.26. The highest BCUT2D eigenvalue weighted by Gasteiger charge is 2.30. The highest BCUT2D eigenvalue weighted by molar-refractivity contribution is 5.64. The van der Waals surface area contributed by atoms with Gasteiger partial charge in [-0.25, -0.2) is 0 Å². The van der Waals surface area contributed by atoms with Crippen LogP contribution in [0, 0.1) is 0 Å². The van der Waals surface area contributed by atoms with E-state index in [1.54, 1.807) is 18.5 Å². The monoisotopic (exact) mass is 411 g/mol. The summed E-state index contributed by atoms with van der Waals surface area (Å²) in [6.07, 6.45) is -0.926. The summed E-state index contributed by atoms with van der Waals surface area (Å²) in [5.41, 5.74) is 2.94. The average Bonchev–Trinajstić information content (AvgIpc) is 2.76. The van der Waals surface area contributed by atoms with Gasteiger partial charge in [-0.15, -0.1) is 0 Å². The van der Waals surface area contributed by atoms with Crippen molar-refractivity contribution in [3.63, 3.8) is 0 Å². The SMILES string of the molecule is FC(F)(F)c1cccc(-c2cncc(CN3CCN(Cc4ccccc4)CC3)c2)c1. The van der Waals surface area contributed by atoms with Gasteiger partial charge in [0.15, 0.2) is 0 Å². The van der Waals surface area contributed by atoms with E-state index in [1.165, 1.54) is 17.7 Å². The number of aromatic nitrogens is 1. The van der Waals surface area contributed by atoms with Gasteiger partial charge in [0.1, 0.15) is 0 Å². The van der Waals surface area contributed by atoms with Crippen LogP contribution in [0.4, 0.5) is 13.2 Å². The summed E-state index contributed by atoms with van der Waals surface area (Å²) in [6.45, 7) is 5.62. The predicted octanol–water partition coefficient (Wildman–Crippen LogP) is 5.09. The van der Waals surface area contributed by atoms with Crippen LogP contribution >= 0.6 is 0 Å². The number of nitrogens with zero attached hydrogens (tertiary/aromatic N) is 3. The molecule has 0 atom stereocenters. The van der Waals surface area contributed by atoms with Gasteiger partial charge in [0.25, 0.3) is 0 Å². The fourth-order valence-corrected chi connectivity index (χ4v) is 3.81. The topological polar surface area (TPSA) is 19.4 Å². The summed E-state index contributed by atoms with van der Waals surface area (Å²) in [5, 5.41) is 0. The van der Waals surface area contributed by atoms with E-state index in [9.17, 15) is 13.2 Å². The highest BCUT2D eigenvalue weighted by Crippen LogP contribution is 2.32. The van der Waals surface area contributed by atoms with Crippen molar-refractivity contribution in [2.24, 2.45) is 0 Å². The van der Waals surface area contributed by atoms with Gasteiger partial charge in [0.05, 0.1) is 5.56 Å². The maximum absolute atomic E-state index is 13.0. The maximum Gasteiger partial charge on any atom is 0.416 e. The van der Waals surface area contributed by atoms with E-state index < -0.39 is 11.7 Å². The second kappa shape index (κ2) is 8.98. The molecule has 1 fully saturated rings. The first-order valence-electron chi connectivity index (χ1n) is 10.1. The molecule has 0 aliphatic carbocycles. The molecule has 0 N–H and O–H groups in total. The number of hydrogen-bond acceptors (Lipinski definition) is 3. The first-order valence-corrected chi connectivity index (χ1v) is 10.1. The third-order valence-corrected chi connectivity index (χ3v) is 5.44. The van der Waals surface area contributed by atoms with Crippen molar-refractivity contribution < 1.29 is 13.2 Å². The van der Waals surface area contributed by atoms with Crippen molar-refractivity contribution in [2.45, 2.75) is 19.3 Å². The molecule has 1 aliphatic rings. The molecular formula is C24H24F3N3. The molecule has 0 spiro atoms. The Morgan fingerprint density at radius 3 is 2.03 bits per heavy atom. The van der Waals surface area contributed by atoms with E-state index in [-0.39, 0.29) is 0 Å². The Kier molecular flexibility index (Phi) is 6.16. The summed E-state index contributed by atoms with van der Waals surface area (Å²) in [4.78, 5) is 9.09.